The largest absolute Gasteiger partial charge is 0.507 e. The number of carbonyl (C=O) groups is 2. The minimum absolute atomic E-state index is 0.0248. The fourth-order valence-corrected chi connectivity index (χ4v) is 3.77. The van der Waals surface area contributed by atoms with Gasteiger partial charge in [-0.05, 0) is 60.5 Å². The van der Waals surface area contributed by atoms with Crippen molar-refractivity contribution in [1.29, 1.82) is 5.26 Å². The van der Waals surface area contributed by atoms with Gasteiger partial charge in [0.05, 0.1) is 29.9 Å². The first-order chi connectivity index (χ1) is 16.0. The van der Waals surface area contributed by atoms with Crippen molar-refractivity contribution in [2.24, 2.45) is 0 Å². The summed E-state index contributed by atoms with van der Waals surface area (Å²) in [5.74, 6) is -1.28. The summed E-state index contributed by atoms with van der Waals surface area (Å²) in [6, 6.07) is 17.7. The van der Waals surface area contributed by atoms with Crippen LogP contribution in [0.1, 0.15) is 36.1 Å². The number of hydrogen-bond donors (Lipinski definition) is 1. The summed E-state index contributed by atoms with van der Waals surface area (Å²) >= 11 is 0. The van der Waals surface area contributed by atoms with Crippen LogP contribution in [0.25, 0.3) is 5.76 Å². The first-order valence-electron chi connectivity index (χ1n) is 10.5. The first-order valence-corrected chi connectivity index (χ1v) is 10.5. The van der Waals surface area contributed by atoms with Crippen molar-refractivity contribution >= 4 is 23.1 Å². The van der Waals surface area contributed by atoms with Crippen LogP contribution in [0, 0.1) is 11.3 Å². The van der Waals surface area contributed by atoms with Gasteiger partial charge in [0.2, 0.25) is 0 Å². The number of pyridine rings is 1. The van der Waals surface area contributed by atoms with E-state index >= 15 is 0 Å². The summed E-state index contributed by atoms with van der Waals surface area (Å²) in [6.45, 7) is 2.51. The van der Waals surface area contributed by atoms with Crippen molar-refractivity contribution < 1.29 is 19.4 Å². The highest BCUT2D eigenvalue weighted by molar-refractivity contribution is 6.51. The number of nitriles is 1. The molecule has 1 amide bonds. The molecule has 0 spiro atoms. The minimum Gasteiger partial charge on any atom is -0.507 e. The Morgan fingerprint density at radius 2 is 1.85 bits per heavy atom. The van der Waals surface area contributed by atoms with Crippen LogP contribution in [0.2, 0.25) is 0 Å². The maximum atomic E-state index is 13.2. The second kappa shape index (κ2) is 9.37. The van der Waals surface area contributed by atoms with E-state index in [0.717, 1.165) is 6.42 Å². The number of carbonyl (C=O) groups excluding carboxylic acids is 2. The molecule has 2 heterocycles. The number of ether oxygens (including phenoxy) is 1. The average Bonchev–Trinajstić information content (AvgIpc) is 3.13. The summed E-state index contributed by atoms with van der Waals surface area (Å²) in [5, 5.41) is 20.3. The molecule has 164 valence electrons. The number of Topliss-reactive ketones (excluding diaryl/α,β-unsaturated/α-hetero) is 1. The Hall–Kier alpha value is -4.44. The molecule has 1 aromatic heterocycles. The Bertz CT molecular complexity index is 1260. The Kier molecular flexibility index (Phi) is 6.18. The van der Waals surface area contributed by atoms with Crippen LogP contribution in [0.5, 0.6) is 5.75 Å². The molecule has 1 fully saturated rings. The van der Waals surface area contributed by atoms with Gasteiger partial charge in [-0.1, -0.05) is 19.1 Å². The van der Waals surface area contributed by atoms with Crippen molar-refractivity contribution in [3.8, 4) is 11.8 Å². The summed E-state index contributed by atoms with van der Waals surface area (Å²) in [7, 11) is 0. The molecule has 1 unspecified atom stereocenters. The molecule has 0 saturated carbocycles. The maximum Gasteiger partial charge on any atom is 0.300 e. The summed E-state index contributed by atoms with van der Waals surface area (Å²) in [4.78, 5) is 31.6. The van der Waals surface area contributed by atoms with Crippen molar-refractivity contribution in [3.63, 3.8) is 0 Å². The van der Waals surface area contributed by atoms with Gasteiger partial charge in [0.25, 0.3) is 11.7 Å². The van der Waals surface area contributed by atoms with Crippen LogP contribution in [-0.2, 0) is 9.59 Å². The zero-order valence-corrected chi connectivity index (χ0v) is 17.9. The number of benzene rings is 2. The SMILES string of the molecule is CCCOc1cccc(/C(O)=C2/C(=O)C(=O)N(c3ccc(C#N)cc3)C2c2ccncc2)c1. The molecule has 2 aromatic carbocycles. The van der Waals surface area contributed by atoms with E-state index in [9.17, 15) is 14.7 Å². The van der Waals surface area contributed by atoms with Crippen molar-refractivity contribution in [3.05, 3.63) is 95.3 Å². The molecule has 1 aliphatic heterocycles. The second-order valence-corrected chi connectivity index (χ2v) is 7.48. The summed E-state index contributed by atoms with van der Waals surface area (Å²) < 4.78 is 5.65. The molecule has 7 heteroatoms. The summed E-state index contributed by atoms with van der Waals surface area (Å²) in [5.41, 5.74) is 1.84. The maximum absolute atomic E-state index is 13.2. The molecule has 1 aliphatic rings. The van der Waals surface area contributed by atoms with Gasteiger partial charge >= 0.3 is 0 Å². The van der Waals surface area contributed by atoms with Gasteiger partial charge in [0.1, 0.15) is 11.5 Å². The zero-order valence-electron chi connectivity index (χ0n) is 17.9. The van der Waals surface area contributed by atoms with Gasteiger partial charge < -0.3 is 9.84 Å². The van der Waals surface area contributed by atoms with Gasteiger partial charge in [-0.3, -0.25) is 19.5 Å². The number of anilines is 1. The van der Waals surface area contributed by atoms with Crippen LogP contribution in [0.4, 0.5) is 5.69 Å². The predicted molar refractivity (Wildman–Crippen MR) is 122 cm³/mol. The lowest BCUT2D eigenvalue weighted by atomic mass is 9.95. The zero-order chi connectivity index (χ0) is 23.4. The Balaban J connectivity index is 1.86. The van der Waals surface area contributed by atoms with Gasteiger partial charge in [-0.2, -0.15) is 5.26 Å². The Morgan fingerprint density at radius 1 is 1.12 bits per heavy atom. The van der Waals surface area contributed by atoms with E-state index in [2.05, 4.69) is 4.98 Å². The third kappa shape index (κ3) is 4.19. The van der Waals surface area contributed by atoms with Gasteiger partial charge in [-0.25, -0.2) is 0 Å². The lowest BCUT2D eigenvalue weighted by Gasteiger charge is -2.25. The van der Waals surface area contributed by atoms with Crippen molar-refractivity contribution in [1.82, 2.24) is 4.98 Å². The molecule has 0 radical (unpaired) electrons. The number of hydrogen-bond acceptors (Lipinski definition) is 6. The molecule has 1 saturated heterocycles. The highest BCUT2D eigenvalue weighted by Gasteiger charge is 2.47. The van der Waals surface area contributed by atoms with Crippen LogP contribution in [-0.4, -0.2) is 28.4 Å². The molecule has 3 aromatic rings. The normalized spacial score (nSPS) is 17.1. The second-order valence-electron chi connectivity index (χ2n) is 7.48. The highest BCUT2D eigenvalue weighted by atomic mass is 16.5. The molecular weight excluding hydrogens is 418 g/mol. The lowest BCUT2D eigenvalue weighted by Crippen LogP contribution is -2.29. The van der Waals surface area contributed by atoms with E-state index in [1.807, 2.05) is 13.0 Å². The van der Waals surface area contributed by atoms with E-state index in [-0.39, 0.29) is 11.3 Å². The lowest BCUT2D eigenvalue weighted by molar-refractivity contribution is -0.132. The van der Waals surface area contributed by atoms with Gasteiger partial charge in [-0.15, -0.1) is 0 Å². The quantitative estimate of drug-likeness (QED) is 0.348. The molecule has 4 rings (SSSR count). The summed E-state index contributed by atoms with van der Waals surface area (Å²) in [6.07, 6.45) is 3.95. The number of aliphatic hydroxyl groups is 1. The standard InChI is InChI=1S/C26H21N3O4/c1-2-14-33-21-5-3-4-19(15-21)24(30)22-23(18-10-12-28-13-11-18)29(26(32)25(22)31)20-8-6-17(16-27)7-9-20/h3-13,15,23,30H,2,14H2,1H3/b24-22-. The molecule has 1 N–H and O–H groups in total. The van der Waals surface area contributed by atoms with Crippen molar-refractivity contribution in [2.75, 3.05) is 11.5 Å². The number of nitrogens with zero attached hydrogens (tertiary/aromatic N) is 3. The number of amides is 1. The Labute approximate surface area is 191 Å². The van der Waals surface area contributed by atoms with E-state index < -0.39 is 17.7 Å². The smallest absolute Gasteiger partial charge is 0.300 e. The van der Waals surface area contributed by atoms with E-state index in [1.54, 1.807) is 73.1 Å². The number of rotatable bonds is 6. The Morgan fingerprint density at radius 3 is 2.52 bits per heavy atom. The molecule has 1 atom stereocenters. The highest BCUT2D eigenvalue weighted by Crippen LogP contribution is 2.42. The van der Waals surface area contributed by atoms with Crippen LogP contribution >= 0.6 is 0 Å². The van der Waals surface area contributed by atoms with Crippen LogP contribution < -0.4 is 9.64 Å². The van der Waals surface area contributed by atoms with Gasteiger partial charge in [0, 0.05) is 23.6 Å². The molecule has 7 nitrogen and oxygen atoms in total. The van der Waals surface area contributed by atoms with Crippen molar-refractivity contribution in [2.45, 2.75) is 19.4 Å². The average molecular weight is 439 g/mol. The molecule has 0 aliphatic carbocycles. The van der Waals surface area contributed by atoms with E-state index in [1.165, 1.54) is 4.90 Å². The predicted octanol–water partition coefficient (Wildman–Crippen LogP) is 4.37. The molecule has 33 heavy (non-hydrogen) atoms. The minimum atomic E-state index is -0.860. The monoisotopic (exact) mass is 439 g/mol. The van der Waals surface area contributed by atoms with Crippen LogP contribution in [0.15, 0.2) is 78.6 Å². The molecular formula is C26H21N3O4. The fourth-order valence-electron chi connectivity index (χ4n) is 3.77. The van der Waals surface area contributed by atoms with E-state index in [4.69, 9.17) is 10.00 Å². The van der Waals surface area contributed by atoms with Crippen LogP contribution in [0.3, 0.4) is 0 Å². The van der Waals surface area contributed by atoms with Gasteiger partial charge in [0.15, 0.2) is 0 Å². The number of aliphatic hydroxyl groups excluding tert-OH is 1. The van der Waals surface area contributed by atoms with E-state index in [0.29, 0.717) is 34.7 Å². The molecule has 0 bridgehead atoms. The fraction of sp³-hybridized carbons (Fsp3) is 0.154. The third-order valence-corrected chi connectivity index (χ3v) is 5.32. The number of ketones is 1. The third-order valence-electron chi connectivity index (χ3n) is 5.32. The topological polar surface area (TPSA) is 104 Å². The first kappa shape index (κ1) is 21.8. The number of aromatic nitrogens is 1.